The number of piperidine rings is 1. The minimum absolute atomic E-state index is 0.883. The minimum Gasteiger partial charge on any atom is -0.316 e. The first kappa shape index (κ1) is 16.9. The van der Waals surface area contributed by atoms with E-state index < -0.39 is 0 Å². The average molecular weight is 316 g/mol. The predicted octanol–water partition coefficient (Wildman–Crippen LogP) is 2.63. The summed E-state index contributed by atoms with van der Waals surface area (Å²) in [4.78, 5) is 5.40. The second-order valence-electron chi connectivity index (χ2n) is 7.30. The third-order valence-electron chi connectivity index (χ3n) is 5.38. The van der Waals surface area contributed by atoms with Gasteiger partial charge in [-0.3, -0.25) is 0 Å². The lowest BCUT2D eigenvalue weighted by atomic mass is 9.99. The maximum atomic E-state index is 3.56. The third kappa shape index (κ3) is 5.91. The van der Waals surface area contributed by atoms with Crippen LogP contribution < -0.4 is 5.32 Å². The number of nitrogens with one attached hydrogen (secondary N) is 1. The zero-order chi connectivity index (χ0) is 15.7. The summed E-state index contributed by atoms with van der Waals surface area (Å²) >= 11 is 0. The van der Waals surface area contributed by atoms with Gasteiger partial charge in [0.1, 0.15) is 0 Å². The molecule has 3 nitrogen and oxygen atoms in total. The molecule has 1 aromatic rings. The van der Waals surface area contributed by atoms with Gasteiger partial charge in [-0.05, 0) is 76.3 Å². The van der Waals surface area contributed by atoms with Crippen LogP contribution in [0.3, 0.4) is 0 Å². The van der Waals surface area contributed by atoms with Crippen molar-refractivity contribution in [1.29, 1.82) is 0 Å². The van der Waals surface area contributed by atoms with E-state index in [-0.39, 0.29) is 0 Å². The van der Waals surface area contributed by atoms with Crippen molar-refractivity contribution in [2.45, 2.75) is 32.1 Å². The number of aryl methyl sites for hydroxylation is 1. The molecule has 0 radical (unpaired) electrons. The highest BCUT2D eigenvalue weighted by atomic mass is 15.2. The highest BCUT2D eigenvalue weighted by molar-refractivity contribution is 5.14. The van der Waals surface area contributed by atoms with Crippen LogP contribution in [0.5, 0.6) is 0 Å². The van der Waals surface area contributed by atoms with Crippen molar-refractivity contribution < 1.29 is 0 Å². The SMILES string of the molecule is c1ccc(CCCN2CCCN(C[C@H]3CCCNC3)CC2)cc1. The van der Waals surface area contributed by atoms with Crippen molar-refractivity contribution in [2.24, 2.45) is 5.92 Å². The van der Waals surface area contributed by atoms with Crippen LogP contribution in [0.2, 0.25) is 0 Å². The van der Waals surface area contributed by atoms with Crippen LogP contribution in [0.25, 0.3) is 0 Å². The lowest BCUT2D eigenvalue weighted by Crippen LogP contribution is -2.39. The van der Waals surface area contributed by atoms with Crippen molar-refractivity contribution in [3.63, 3.8) is 0 Å². The monoisotopic (exact) mass is 315 g/mol. The predicted molar refractivity (Wildman–Crippen MR) is 97.9 cm³/mol. The Hall–Kier alpha value is -0.900. The third-order valence-corrected chi connectivity index (χ3v) is 5.38. The quantitative estimate of drug-likeness (QED) is 0.870. The smallest absolute Gasteiger partial charge is 0.0109 e. The number of nitrogens with zero attached hydrogens (tertiary/aromatic N) is 2. The topological polar surface area (TPSA) is 18.5 Å². The van der Waals surface area contributed by atoms with Gasteiger partial charge < -0.3 is 15.1 Å². The molecule has 0 saturated carbocycles. The molecule has 0 unspecified atom stereocenters. The summed E-state index contributed by atoms with van der Waals surface area (Å²) in [5.41, 5.74) is 1.48. The molecule has 0 aromatic heterocycles. The standard InChI is InChI=1S/C20H33N3/c1-2-7-19(8-3-1)10-5-12-22-13-6-14-23(16-15-22)18-20-9-4-11-21-17-20/h1-3,7-8,20-21H,4-6,9-18H2/t20-/m0/s1. The van der Waals surface area contributed by atoms with Crippen molar-refractivity contribution >= 4 is 0 Å². The Morgan fingerprint density at radius 2 is 1.78 bits per heavy atom. The van der Waals surface area contributed by atoms with Crippen molar-refractivity contribution in [3.05, 3.63) is 35.9 Å². The van der Waals surface area contributed by atoms with E-state index in [4.69, 9.17) is 0 Å². The molecule has 0 spiro atoms. The van der Waals surface area contributed by atoms with Crippen molar-refractivity contribution in [1.82, 2.24) is 15.1 Å². The highest BCUT2D eigenvalue weighted by Gasteiger charge is 2.19. The van der Waals surface area contributed by atoms with Crippen molar-refractivity contribution in [2.75, 3.05) is 52.4 Å². The van der Waals surface area contributed by atoms with Crippen LogP contribution in [0.1, 0.15) is 31.2 Å². The minimum atomic E-state index is 0.883. The zero-order valence-electron chi connectivity index (χ0n) is 14.6. The van der Waals surface area contributed by atoms with Crippen LogP contribution >= 0.6 is 0 Å². The van der Waals surface area contributed by atoms with E-state index in [0.717, 1.165) is 5.92 Å². The van der Waals surface area contributed by atoms with Gasteiger partial charge in [0.15, 0.2) is 0 Å². The second kappa shape index (κ2) is 9.41. The maximum Gasteiger partial charge on any atom is 0.0109 e. The summed E-state index contributed by atoms with van der Waals surface area (Å²) < 4.78 is 0. The first-order valence-electron chi connectivity index (χ1n) is 9.59. The molecule has 2 fully saturated rings. The lowest BCUT2D eigenvalue weighted by Gasteiger charge is -2.29. The summed E-state index contributed by atoms with van der Waals surface area (Å²) in [6, 6.07) is 10.9. The Labute approximate surface area is 142 Å². The summed E-state index contributed by atoms with van der Waals surface area (Å²) in [6.07, 6.45) is 6.63. The fraction of sp³-hybridized carbons (Fsp3) is 0.700. The van der Waals surface area contributed by atoms with Gasteiger partial charge in [0, 0.05) is 19.6 Å². The summed E-state index contributed by atoms with van der Waals surface area (Å²) in [7, 11) is 0. The normalized spacial score (nSPS) is 24.4. The molecule has 0 bridgehead atoms. The second-order valence-corrected chi connectivity index (χ2v) is 7.30. The Morgan fingerprint density at radius 1 is 0.957 bits per heavy atom. The molecule has 2 heterocycles. The molecular formula is C20H33N3. The molecule has 128 valence electrons. The molecule has 2 saturated heterocycles. The number of rotatable bonds is 6. The lowest BCUT2D eigenvalue weighted by molar-refractivity contribution is 0.208. The van der Waals surface area contributed by atoms with E-state index in [2.05, 4.69) is 45.4 Å². The van der Waals surface area contributed by atoms with Crippen LogP contribution in [0.15, 0.2) is 30.3 Å². The Balaban J connectivity index is 1.34. The highest BCUT2D eigenvalue weighted by Crippen LogP contribution is 2.14. The molecule has 0 aliphatic carbocycles. The molecule has 2 aliphatic heterocycles. The first-order chi connectivity index (χ1) is 11.4. The van der Waals surface area contributed by atoms with Crippen LogP contribution in [0.4, 0.5) is 0 Å². The molecule has 3 rings (SSSR count). The molecule has 1 aromatic carbocycles. The number of hydrogen-bond donors (Lipinski definition) is 1. The van der Waals surface area contributed by atoms with Gasteiger partial charge in [0.05, 0.1) is 0 Å². The van der Waals surface area contributed by atoms with Gasteiger partial charge in [0.25, 0.3) is 0 Å². The molecule has 0 amide bonds. The molecule has 23 heavy (non-hydrogen) atoms. The maximum absolute atomic E-state index is 3.56. The van der Waals surface area contributed by atoms with E-state index >= 15 is 0 Å². The van der Waals surface area contributed by atoms with Gasteiger partial charge in [-0.1, -0.05) is 30.3 Å². The molecule has 1 N–H and O–H groups in total. The van der Waals surface area contributed by atoms with E-state index in [0.29, 0.717) is 0 Å². The number of benzene rings is 1. The Kier molecular flexibility index (Phi) is 6.93. The van der Waals surface area contributed by atoms with Crippen LogP contribution in [-0.4, -0.2) is 62.2 Å². The van der Waals surface area contributed by atoms with Gasteiger partial charge in [-0.15, -0.1) is 0 Å². The summed E-state index contributed by atoms with van der Waals surface area (Å²) in [5.74, 6) is 0.883. The summed E-state index contributed by atoms with van der Waals surface area (Å²) in [5, 5.41) is 3.56. The largest absolute Gasteiger partial charge is 0.316 e. The fourth-order valence-corrected chi connectivity index (χ4v) is 4.03. The fourth-order valence-electron chi connectivity index (χ4n) is 4.03. The average Bonchev–Trinajstić information content (AvgIpc) is 2.82. The zero-order valence-corrected chi connectivity index (χ0v) is 14.6. The van der Waals surface area contributed by atoms with Gasteiger partial charge in [-0.2, -0.15) is 0 Å². The van der Waals surface area contributed by atoms with Crippen LogP contribution in [-0.2, 0) is 6.42 Å². The van der Waals surface area contributed by atoms with E-state index in [1.54, 1.807) is 0 Å². The number of hydrogen-bond acceptors (Lipinski definition) is 3. The Bertz CT molecular complexity index is 428. The molecule has 1 atom stereocenters. The molecular weight excluding hydrogens is 282 g/mol. The van der Waals surface area contributed by atoms with Crippen molar-refractivity contribution in [3.8, 4) is 0 Å². The van der Waals surface area contributed by atoms with Gasteiger partial charge >= 0.3 is 0 Å². The first-order valence-corrected chi connectivity index (χ1v) is 9.59. The van der Waals surface area contributed by atoms with E-state index in [9.17, 15) is 0 Å². The molecule has 2 aliphatic rings. The molecule has 3 heteroatoms. The van der Waals surface area contributed by atoms with Gasteiger partial charge in [0.2, 0.25) is 0 Å². The summed E-state index contributed by atoms with van der Waals surface area (Å²) in [6.45, 7) is 10.1. The van der Waals surface area contributed by atoms with Gasteiger partial charge in [-0.25, -0.2) is 0 Å². The van der Waals surface area contributed by atoms with E-state index in [1.165, 1.54) is 90.0 Å². The Morgan fingerprint density at radius 3 is 2.61 bits per heavy atom. The van der Waals surface area contributed by atoms with E-state index in [1.807, 2.05) is 0 Å². The van der Waals surface area contributed by atoms with Crippen LogP contribution in [0, 0.1) is 5.92 Å².